The van der Waals surface area contributed by atoms with E-state index >= 15 is 0 Å². The van der Waals surface area contributed by atoms with E-state index in [1.807, 2.05) is 0 Å². The molecule has 2 aliphatic heterocycles. The predicted molar refractivity (Wildman–Crippen MR) is 74.8 cm³/mol. The average Bonchev–Trinajstić information content (AvgIpc) is 2.98. The van der Waals surface area contributed by atoms with Crippen LogP contribution in [0.25, 0.3) is 0 Å². The van der Waals surface area contributed by atoms with Crippen LogP contribution in [0.5, 0.6) is 0 Å². The maximum Gasteiger partial charge on any atom is 0.416 e. The highest BCUT2D eigenvalue weighted by molar-refractivity contribution is 7.89. The number of hydrogen-bond donors (Lipinski definition) is 1. The van der Waals surface area contributed by atoms with Gasteiger partial charge in [0.05, 0.1) is 10.5 Å². The maximum absolute atomic E-state index is 12.8. The largest absolute Gasteiger partial charge is 0.416 e. The van der Waals surface area contributed by atoms with Crippen LogP contribution < -0.4 is 5.32 Å². The van der Waals surface area contributed by atoms with Crippen molar-refractivity contribution >= 4 is 10.0 Å². The van der Waals surface area contributed by atoms with Gasteiger partial charge < -0.3 is 5.32 Å². The SMILES string of the molecule is Cc1ccc(C(F)(F)F)cc1S(=O)(=O)N1C[C@H]2CNC[C@H]2C1. The minimum atomic E-state index is -4.55. The van der Waals surface area contributed by atoms with Gasteiger partial charge in [0.25, 0.3) is 0 Å². The molecule has 0 radical (unpaired) electrons. The molecule has 0 unspecified atom stereocenters. The van der Waals surface area contributed by atoms with Gasteiger partial charge in [0, 0.05) is 13.1 Å². The molecule has 2 fully saturated rings. The van der Waals surface area contributed by atoms with Gasteiger partial charge in [0.1, 0.15) is 0 Å². The summed E-state index contributed by atoms with van der Waals surface area (Å²) in [6.07, 6.45) is -4.55. The summed E-state index contributed by atoms with van der Waals surface area (Å²) in [5.74, 6) is 0.502. The van der Waals surface area contributed by atoms with Crippen LogP contribution in [0.15, 0.2) is 23.1 Å². The Kier molecular flexibility index (Phi) is 3.73. The van der Waals surface area contributed by atoms with Crippen LogP contribution in [0, 0.1) is 18.8 Å². The fraction of sp³-hybridized carbons (Fsp3) is 0.571. The molecule has 0 aliphatic carbocycles. The Hall–Kier alpha value is -1.12. The second-order valence-corrected chi connectivity index (χ2v) is 7.88. The zero-order chi connectivity index (χ0) is 16.1. The molecule has 0 saturated carbocycles. The second-order valence-electron chi connectivity index (χ2n) is 5.98. The number of rotatable bonds is 2. The minimum Gasteiger partial charge on any atom is -0.316 e. The molecule has 2 aliphatic rings. The van der Waals surface area contributed by atoms with Crippen LogP contribution in [0.2, 0.25) is 0 Å². The highest BCUT2D eigenvalue weighted by Crippen LogP contribution is 2.35. The molecule has 0 amide bonds. The fourth-order valence-corrected chi connectivity index (χ4v) is 5.01. The van der Waals surface area contributed by atoms with E-state index in [-0.39, 0.29) is 16.7 Å². The standard InChI is InChI=1S/C14H17F3N2O2S/c1-9-2-3-12(14(15,16)17)4-13(9)22(20,21)19-7-10-5-18-6-11(10)8-19/h2-4,10-11,18H,5-8H2,1H3/t10-,11+. The highest BCUT2D eigenvalue weighted by Gasteiger charge is 2.42. The number of aryl methyl sites for hydroxylation is 1. The topological polar surface area (TPSA) is 49.4 Å². The van der Waals surface area contributed by atoms with Gasteiger partial charge in [-0.3, -0.25) is 0 Å². The number of hydrogen-bond acceptors (Lipinski definition) is 3. The summed E-state index contributed by atoms with van der Waals surface area (Å²) >= 11 is 0. The van der Waals surface area contributed by atoms with Crippen LogP contribution in [0.1, 0.15) is 11.1 Å². The molecule has 3 rings (SSSR count). The molecule has 2 heterocycles. The lowest BCUT2D eigenvalue weighted by molar-refractivity contribution is -0.137. The Labute approximate surface area is 127 Å². The summed E-state index contributed by atoms with van der Waals surface area (Å²) in [6, 6.07) is 2.88. The number of alkyl halides is 3. The van der Waals surface area contributed by atoms with Gasteiger partial charge in [-0.2, -0.15) is 17.5 Å². The number of nitrogens with zero attached hydrogens (tertiary/aromatic N) is 1. The third-order valence-electron chi connectivity index (χ3n) is 4.49. The molecule has 22 heavy (non-hydrogen) atoms. The zero-order valence-corrected chi connectivity index (χ0v) is 12.8. The smallest absolute Gasteiger partial charge is 0.316 e. The molecule has 1 N–H and O–H groups in total. The van der Waals surface area contributed by atoms with E-state index in [0.29, 0.717) is 18.7 Å². The van der Waals surface area contributed by atoms with Crippen molar-refractivity contribution in [1.29, 1.82) is 0 Å². The average molecular weight is 334 g/mol. The van der Waals surface area contributed by atoms with E-state index in [2.05, 4.69) is 5.32 Å². The third-order valence-corrected chi connectivity index (χ3v) is 6.46. The molecular weight excluding hydrogens is 317 g/mol. The third kappa shape index (κ3) is 2.63. The van der Waals surface area contributed by atoms with Crippen molar-refractivity contribution < 1.29 is 21.6 Å². The molecule has 0 bridgehead atoms. The normalized spacial score (nSPS) is 26.4. The Morgan fingerprint density at radius 1 is 1.18 bits per heavy atom. The van der Waals surface area contributed by atoms with Crippen LogP contribution in [0.4, 0.5) is 13.2 Å². The molecule has 2 atom stereocenters. The van der Waals surface area contributed by atoms with Crippen LogP contribution in [-0.2, 0) is 16.2 Å². The first kappa shape index (κ1) is 15.8. The van der Waals surface area contributed by atoms with Crippen LogP contribution in [-0.4, -0.2) is 38.9 Å². The molecule has 0 aromatic heterocycles. The van der Waals surface area contributed by atoms with Crippen molar-refractivity contribution in [2.75, 3.05) is 26.2 Å². The Morgan fingerprint density at radius 2 is 1.77 bits per heavy atom. The summed E-state index contributed by atoms with van der Waals surface area (Å²) in [5.41, 5.74) is -0.596. The van der Waals surface area contributed by atoms with Crippen molar-refractivity contribution in [3.63, 3.8) is 0 Å². The summed E-state index contributed by atoms with van der Waals surface area (Å²) < 4.78 is 65.2. The van der Waals surface area contributed by atoms with Gasteiger partial charge >= 0.3 is 6.18 Å². The number of benzene rings is 1. The predicted octanol–water partition coefficient (Wildman–Crippen LogP) is 1.85. The monoisotopic (exact) mass is 334 g/mol. The Bertz CT molecular complexity index is 676. The van der Waals surface area contributed by atoms with E-state index in [4.69, 9.17) is 0 Å². The quantitative estimate of drug-likeness (QED) is 0.898. The number of sulfonamides is 1. The van der Waals surface area contributed by atoms with Gasteiger partial charge in [0.15, 0.2) is 0 Å². The molecule has 0 spiro atoms. The summed E-state index contributed by atoms with van der Waals surface area (Å²) in [7, 11) is -3.89. The van der Waals surface area contributed by atoms with Crippen molar-refractivity contribution in [1.82, 2.24) is 9.62 Å². The lowest BCUT2D eigenvalue weighted by Crippen LogP contribution is -2.32. The Morgan fingerprint density at radius 3 is 2.32 bits per heavy atom. The second kappa shape index (κ2) is 5.21. The first-order chi connectivity index (χ1) is 10.2. The van der Waals surface area contributed by atoms with Gasteiger partial charge in [0.2, 0.25) is 10.0 Å². The summed E-state index contributed by atoms with van der Waals surface area (Å²) in [5, 5.41) is 3.21. The molecule has 1 aromatic carbocycles. The molecule has 8 heteroatoms. The van der Waals surface area contributed by atoms with Crippen LogP contribution in [0.3, 0.4) is 0 Å². The van der Waals surface area contributed by atoms with Gasteiger partial charge in [-0.25, -0.2) is 8.42 Å². The van der Waals surface area contributed by atoms with Crippen molar-refractivity contribution in [2.24, 2.45) is 11.8 Å². The fourth-order valence-electron chi connectivity index (χ4n) is 3.20. The van der Waals surface area contributed by atoms with Crippen molar-refractivity contribution in [3.05, 3.63) is 29.3 Å². The van der Waals surface area contributed by atoms with Gasteiger partial charge in [-0.05, 0) is 49.5 Å². The number of halogens is 3. The number of nitrogens with one attached hydrogen (secondary N) is 1. The molecule has 4 nitrogen and oxygen atoms in total. The molecule has 122 valence electrons. The summed E-state index contributed by atoms with van der Waals surface area (Å²) in [6.45, 7) is 3.79. The van der Waals surface area contributed by atoms with Crippen molar-refractivity contribution in [2.45, 2.75) is 18.0 Å². The molecular formula is C14H17F3N2O2S. The first-order valence-corrected chi connectivity index (χ1v) is 8.52. The first-order valence-electron chi connectivity index (χ1n) is 7.08. The van der Waals surface area contributed by atoms with E-state index < -0.39 is 21.8 Å². The molecule has 2 saturated heterocycles. The lowest BCUT2D eigenvalue weighted by atomic mass is 10.0. The maximum atomic E-state index is 12.8. The van der Waals surface area contributed by atoms with E-state index in [0.717, 1.165) is 25.2 Å². The highest BCUT2D eigenvalue weighted by atomic mass is 32.2. The van der Waals surface area contributed by atoms with E-state index in [1.54, 1.807) is 0 Å². The number of fused-ring (bicyclic) bond motifs is 1. The van der Waals surface area contributed by atoms with Gasteiger partial charge in [-0.1, -0.05) is 6.07 Å². The minimum absolute atomic E-state index is 0.241. The zero-order valence-electron chi connectivity index (χ0n) is 12.0. The van der Waals surface area contributed by atoms with E-state index in [1.165, 1.54) is 17.3 Å². The van der Waals surface area contributed by atoms with Gasteiger partial charge in [-0.15, -0.1) is 0 Å². The summed E-state index contributed by atoms with van der Waals surface area (Å²) in [4.78, 5) is -0.241. The van der Waals surface area contributed by atoms with Crippen molar-refractivity contribution in [3.8, 4) is 0 Å². The Balaban J connectivity index is 1.96. The molecule has 1 aromatic rings. The van der Waals surface area contributed by atoms with Crippen LogP contribution >= 0.6 is 0 Å². The van der Waals surface area contributed by atoms with E-state index in [9.17, 15) is 21.6 Å². The lowest BCUT2D eigenvalue weighted by Gasteiger charge is -2.20.